The highest BCUT2D eigenvalue weighted by Crippen LogP contribution is 2.23. The highest BCUT2D eigenvalue weighted by molar-refractivity contribution is 6.40. The molecule has 1 N–H and O–H groups in total. The van der Waals surface area contributed by atoms with E-state index in [0.717, 1.165) is 29.5 Å². The second-order valence-electron chi connectivity index (χ2n) is 7.01. The molecule has 3 nitrogen and oxygen atoms in total. The van der Waals surface area contributed by atoms with Gasteiger partial charge in [-0.2, -0.15) is 0 Å². The average Bonchev–Trinajstić information content (AvgIpc) is 2.74. The van der Waals surface area contributed by atoms with Crippen LogP contribution in [0.25, 0.3) is 10.9 Å². The molecule has 0 bridgehead atoms. The molecule has 24 heavy (non-hydrogen) atoms. The molecule has 2 aromatic rings. The predicted molar refractivity (Wildman–Crippen MR) is 99.3 cm³/mol. The molecule has 1 amide bonds. The molecule has 1 saturated carbocycles. The lowest BCUT2D eigenvalue weighted by Crippen LogP contribution is -2.29. The van der Waals surface area contributed by atoms with Gasteiger partial charge in [-0.05, 0) is 37.8 Å². The van der Waals surface area contributed by atoms with Gasteiger partial charge in [0.05, 0.1) is 11.1 Å². The molecule has 0 radical (unpaired) electrons. The maximum absolute atomic E-state index is 13.7. The van der Waals surface area contributed by atoms with E-state index in [4.69, 9.17) is 0 Å². The van der Waals surface area contributed by atoms with Gasteiger partial charge in [-0.15, -0.1) is 0 Å². The fourth-order valence-corrected chi connectivity index (χ4v) is 3.93. The predicted octanol–water partition coefficient (Wildman–Crippen LogP) is 2.76. The molecule has 0 saturated heterocycles. The molecule has 1 aromatic carbocycles. The summed E-state index contributed by atoms with van der Waals surface area (Å²) in [6, 6.07) is 3.03. The van der Waals surface area contributed by atoms with Crippen molar-refractivity contribution < 1.29 is 9.18 Å². The van der Waals surface area contributed by atoms with Crippen molar-refractivity contribution in [3.05, 3.63) is 29.7 Å². The Labute approximate surface area is 144 Å². The molecule has 0 atom stereocenters. The van der Waals surface area contributed by atoms with Crippen molar-refractivity contribution >= 4 is 30.1 Å². The van der Waals surface area contributed by atoms with Gasteiger partial charge >= 0.3 is 0 Å². The van der Waals surface area contributed by atoms with Gasteiger partial charge in [-0.25, -0.2) is 4.39 Å². The molecular formula is C19H26BFN2O. The highest BCUT2D eigenvalue weighted by Gasteiger charge is 2.19. The first-order valence-corrected chi connectivity index (χ1v) is 9.17. The number of benzene rings is 1. The summed E-state index contributed by atoms with van der Waals surface area (Å²) in [4.78, 5) is 12.7. The Bertz CT molecular complexity index is 733. The minimum absolute atomic E-state index is 0.0360. The number of carbonyl (C=O) groups is 1. The van der Waals surface area contributed by atoms with E-state index in [0.29, 0.717) is 11.5 Å². The maximum atomic E-state index is 13.7. The van der Waals surface area contributed by atoms with Gasteiger partial charge in [0, 0.05) is 24.7 Å². The fourth-order valence-electron chi connectivity index (χ4n) is 3.93. The van der Waals surface area contributed by atoms with Crippen molar-refractivity contribution in [1.29, 1.82) is 0 Å². The minimum Gasteiger partial charge on any atom is -0.352 e. The molecule has 3 rings (SSSR count). The van der Waals surface area contributed by atoms with Crippen LogP contribution in [0.5, 0.6) is 0 Å². The number of nitrogens with one attached hydrogen (secondary N) is 1. The number of fused-ring (bicyclic) bond motifs is 1. The number of hydrogen-bond acceptors (Lipinski definition) is 1. The summed E-state index contributed by atoms with van der Waals surface area (Å²) < 4.78 is 15.7. The summed E-state index contributed by atoms with van der Waals surface area (Å²) in [5.41, 5.74) is 2.28. The number of aryl methyl sites for hydroxylation is 1. The summed E-state index contributed by atoms with van der Waals surface area (Å²) >= 11 is 0. The first-order chi connectivity index (χ1) is 11.6. The first kappa shape index (κ1) is 17.1. The number of carbonyl (C=O) groups excluding carboxylic acids is 1. The van der Waals surface area contributed by atoms with Crippen LogP contribution in [-0.4, -0.2) is 24.9 Å². The van der Waals surface area contributed by atoms with Crippen molar-refractivity contribution in [3.8, 4) is 0 Å². The third-order valence-electron chi connectivity index (χ3n) is 5.25. The molecule has 0 spiro atoms. The van der Waals surface area contributed by atoms with Crippen molar-refractivity contribution in [2.75, 3.05) is 6.54 Å². The van der Waals surface area contributed by atoms with E-state index >= 15 is 0 Å². The summed E-state index contributed by atoms with van der Waals surface area (Å²) in [5, 5.41) is 3.99. The van der Waals surface area contributed by atoms with Crippen molar-refractivity contribution in [3.63, 3.8) is 0 Å². The van der Waals surface area contributed by atoms with Crippen LogP contribution in [-0.2, 0) is 6.54 Å². The van der Waals surface area contributed by atoms with E-state index in [2.05, 4.69) is 5.32 Å². The van der Waals surface area contributed by atoms with Gasteiger partial charge in [0.25, 0.3) is 5.91 Å². The lowest BCUT2D eigenvalue weighted by Gasteiger charge is -2.14. The first-order valence-electron chi connectivity index (χ1n) is 9.17. The summed E-state index contributed by atoms with van der Waals surface area (Å²) in [6.07, 6.45) is 9.46. The number of halogens is 1. The molecule has 0 aliphatic heterocycles. The van der Waals surface area contributed by atoms with E-state index in [1.165, 1.54) is 50.7 Å². The largest absolute Gasteiger partial charge is 0.352 e. The van der Waals surface area contributed by atoms with Gasteiger partial charge in [0.2, 0.25) is 0 Å². The van der Waals surface area contributed by atoms with Gasteiger partial charge in [-0.1, -0.05) is 31.1 Å². The SMILES string of the molecule is Bc1cc(F)cc2c1c(C(=O)NCC1CCCCCC1)cn2CC. The van der Waals surface area contributed by atoms with Crippen LogP contribution in [0, 0.1) is 11.7 Å². The summed E-state index contributed by atoms with van der Waals surface area (Å²) in [6.45, 7) is 3.47. The number of hydrogen-bond donors (Lipinski definition) is 1. The second kappa shape index (κ2) is 7.41. The number of aromatic nitrogens is 1. The monoisotopic (exact) mass is 328 g/mol. The van der Waals surface area contributed by atoms with E-state index in [1.807, 2.05) is 25.5 Å². The topological polar surface area (TPSA) is 34.0 Å². The van der Waals surface area contributed by atoms with E-state index in [-0.39, 0.29) is 11.7 Å². The zero-order valence-corrected chi connectivity index (χ0v) is 14.7. The third-order valence-corrected chi connectivity index (χ3v) is 5.25. The molecule has 1 heterocycles. The van der Waals surface area contributed by atoms with Crippen molar-refractivity contribution in [2.24, 2.45) is 5.92 Å². The summed E-state index contributed by atoms with van der Waals surface area (Å²) in [7, 11) is 1.87. The number of amides is 1. The highest BCUT2D eigenvalue weighted by atomic mass is 19.1. The van der Waals surface area contributed by atoms with Crippen LogP contribution >= 0.6 is 0 Å². The van der Waals surface area contributed by atoms with Crippen molar-refractivity contribution in [1.82, 2.24) is 9.88 Å². The molecule has 0 unspecified atom stereocenters. The standard InChI is InChI=1S/C19H26BFN2O/c1-2-23-12-15(18-16(20)9-14(21)10-17(18)23)19(24)22-11-13-7-5-3-4-6-8-13/h9-10,12-13H,2-8,11,20H2,1H3,(H,22,24). The Morgan fingerprint density at radius 2 is 2.00 bits per heavy atom. The Morgan fingerprint density at radius 3 is 2.67 bits per heavy atom. The Morgan fingerprint density at radius 1 is 1.29 bits per heavy atom. The molecule has 1 fully saturated rings. The minimum atomic E-state index is -0.252. The molecule has 5 heteroatoms. The van der Waals surface area contributed by atoms with Crippen LogP contribution < -0.4 is 10.8 Å². The van der Waals surface area contributed by atoms with Crippen LogP contribution in [0.1, 0.15) is 55.8 Å². The maximum Gasteiger partial charge on any atom is 0.253 e. The Kier molecular flexibility index (Phi) is 5.27. The van der Waals surface area contributed by atoms with E-state index < -0.39 is 0 Å². The van der Waals surface area contributed by atoms with E-state index in [9.17, 15) is 9.18 Å². The fraction of sp³-hybridized carbons (Fsp3) is 0.526. The molecule has 1 aliphatic carbocycles. The normalized spacial score (nSPS) is 16.2. The zero-order chi connectivity index (χ0) is 17.1. The lowest BCUT2D eigenvalue weighted by atomic mass is 9.90. The number of nitrogens with zero attached hydrogens (tertiary/aromatic N) is 1. The Balaban J connectivity index is 1.81. The van der Waals surface area contributed by atoms with Crippen LogP contribution in [0.15, 0.2) is 18.3 Å². The van der Waals surface area contributed by atoms with Crippen LogP contribution in [0.2, 0.25) is 0 Å². The van der Waals surface area contributed by atoms with E-state index in [1.54, 1.807) is 0 Å². The smallest absolute Gasteiger partial charge is 0.253 e. The quantitative estimate of drug-likeness (QED) is 0.680. The average molecular weight is 328 g/mol. The lowest BCUT2D eigenvalue weighted by molar-refractivity contribution is 0.0947. The number of rotatable bonds is 4. The molecule has 128 valence electrons. The van der Waals surface area contributed by atoms with Gasteiger partial charge in [-0.3, -0.25) is 4.79 Å². The molecule has 1 aliphatic rings. The van der Waals surface area contributed by atoms with Crippen LogP contribution in [0.4, 0.5) is 4.39 Å². The van der Waals surface area contributed by atoms with Gasteiger partial charge in [0.1, 0.15) is 13.7 Å². The summed E-state index contributed by atoms with van der Waals surface area (Å²) in [5.74, 6) is 0.305. The Hall–Kier alpha value is -1.78. The zero-order valence-electron chi connectivity index (χ0n) is 14.7. The molecular weight excluding hydrogens is 302 g/mol. The van der Waals surface area contributed by atoms with Gasteiger partial charge in [0.15, 0.2) is 0 Å². The van der Waals surface area contributed by atoms with Crippen molar-refractivity contribution in [2.45, 2.75) is 52.0 Å². The third kappa shape index (κ3) is 3.50. The van der Waals surface area contributed by atoms with Gasteiger partial charge < -0.3 is 9.88 Å². The van der Waals surface area contributed by atoms with Crippen LogP contribution in [0.3, 0.4) is 0 Å². The molecule has 1 aromatic heterocycles. The second-order valence-corrected chi connectivity index (χ2v) is 7.01.